The van der Waals surface area contributed by atoms with Gasteiger partial charge in [0.25, 0.3) is 0 Å². The number of nitrogens with two attached hydrogens (primary N) is 1. The molecule has 88 valence electrons. The van der Waals surface area contributed by atoms with Gasteiger partial charge in [0.2, 0.25) is 5.91 Å². The summed E-state index contributed by atoms with van der Waals surface area (Å²) >= 11 is 0. The van der Waals surface area contributed by atoms with Crippen LogP contribution in [0.1, 0.15) is 22.8 Å². The normalized spacial score (nSPS) is 10.0. The summed E-state index contributed by atoms with van der Waals surface area (Å²) in [4.78, 5) is 10.5. The number of hydrogen-bond donors (Lipinski definition) is 1. The Morgan fingerprint density at radius 1 is 1.44 bits per heavy atom. The molecule has 0 spiro atoms. The SMILES string of the molecule is C=CC.NC(=O)c1cccc(C(F)(F)F)c1. The fourth-order valence-corrected chi connectivity index (χ4v) is 0.849. The molecule has 2 nitrogen and oxygen atoms in total. The van der Waals surface area contributed by atoms with Crippen LogP contribution in [0.5, 0.6) is 0 Å². The van der Waals surface area contributed by atoms with E-state index in [1.54, 1.807) is 6.08 Å². The van der Waals surface area contributed by atoms with Crippen LogP contribution in [0.3, 0.4) is 0 Å². The third-order valence-corrected chi connectivity index (χ3v) is 1.47. The fourth-order valence-electron chi connectivity index (χ4n) is 0.849. The molecule has 16 heavy (non-hydrogen) atoms. The number of rotatable bonds is 1. The number of primary amides is 1. The average molecular weight is 231 g/mol. The van der Waals surface area contributed by atoms with Crippen LogP contribution in [-0.4, -0.2) is 5.91 Å². The van der Waals surface area contributed by atoms with Crippen molar-refractivity contribution in [2.45, 2.75) is 13.1 Å². The predicted octanol–water partition coefficient (Wildman–Crippen LogP) is 3.00. The second kappa shape index (κ2) is 5.95. The molecule has 0 aliphatic carbocycles. The lowest BCUT2D eigenvalue weighted by Gasteiger charge is -2.06. The Labute approximate surface area is 91.6 Å². The highest BCUT2D eigenvalue weighted by atomic mass is 19.4. The van der Waals surface area contributed by atoms with Crippen molar-refractivity contribution in [2.75, 3.05) is 0 Å². The minimum Gasteiger partial charge on any atom is -0.366 e. The molecule has 0 aromatic heterocycles. The quantitative estimate of drug-likeness (QED) is 0.742. The monoisotopic (exact) mass is 231 g/mol. The first-order chi connectivity index (χ1) is 7.32. The van der Waals surface area contributed by atoms with Crippen LogP contribution in [0.15, 0.2) is 36.9 Å². The molecular formula is C11H12F3NO. The van der Waals surface area contributed by atoms with E-state index in [1.165, 1.54) is 6.07 Å². The molecule has 1 rings (SSSR count). The topological polar surface area (TPSA) is 43.1 Å². The van der Waals surface area contributed by atoms with E-state index in [9.17, 15) is 18.0 Å². The summed E-state index contributed by atoms with van der Waals surface area (Å²) in [5.41, 5.74) is 3.80. The molecule has 2 N–H and O–H groups in total. The van der Waals surface area contributed by atoms with Crippen LogP contribution in [0.2, 0.25) is 0 Å². The zero-order valence-electron chi connectivity index (χ0n) is 8.71. The van der Waals surface area contributed by atoms with Crippen molar-refractivity contribution in [1.29, 1.82) is 0 Å². The Bertz CT molecular complexity index is 372. The van der Waals surface area contributed by atoms with E-state index in [1.807, 2.05) is 6.92 Å². The molecule has 0 unspecified atom stereocenters. The maximum atomic E-state index is 12.1. The molecule has 1 amide bonds. The first-order valence-electron chi connectivity index (χ1n) is 4.37. The van der Waals surface area contributed by atoms with Gasteiger partial charge in [-0.15, -0.1) is 6.58 Å². The second-order valence-electron chi connectivity index (χ2n) is 2.85. The summed E-state index contributed by atoms with van der Waals surface area (Å²) in [6.45, 7) is 5.25. The number of halogens is 3. The van der Waals surface area contributed by atoms with Gasteiger partial charge in [-0.2, -0.15) is 13.2 Å². The van der Waals surface area contributed by atoms with Crippen molar-refractivity contribution < 1.29 is 18.0 Å². The lowest BCUT2D eigenvalue weighted by molar-refractivity contribution is -0.137. The minimum absolute atomic E-state index is 0.144. The molecule has 0 aliphatic heterocycles. The molecule has 0 heterocycles. The van der Waals surface area contributed by atoms with Crippen molar-refractivity contribution in [3.63, 3.8) is 0 Å². The van der Waals surface area contributed by atoms with Gasteiger partial charge in [-0.25, -0.2) is 0 Å². The molecule has 1 aromatic rings. The van der Waals surface area contributed by atoms with E-state index >= 15 is 0 Å². The van der Waals surface area contributed by atoms with E-state index in [4.69, 9.17) is 5.73 Å². The Balaban J connectivity index is 0.000000673. The van der Waals surface area contributed by atoms with Gasteiger partial charge in [0.15, 0.2) is 0 Å². The zero-order valence-corrected chi connectivity index (χ0v) is 8.71. The highest BCUT2D eigenvalue weighted by molar-refractivity contribution is 5.92. The maximum absolute atomic E-state index is 12.1. The number of amides is 1. The summed E-state index contributed by atoms with van der Waals surface area (Å²) in [6, 6.07) is 3.98. The minimum atomic E-state index is -4.44. The van der Waals surface area contributed by atoms with Crippen LogP contribution in [0.25, 0.3) is 0 Å². The molecule has 0 fully saturated rings. The average Bonchev–Trinajstić information content (AvgIpc) is 2.18. The lowest BCUT2D eigenvalue weighted by atomic mass is 10.1. The van der Waals surface area contributed by atoms with E-state index in [2.05, 4.69) is 6.58 Å². The molecule has 5 heteroatoms. The molecule has 1 aromatic carbocycles. The number of carbonyl (C=O) groups excluding carboxylic acids is 1. The third kappa shape index (κ3) is 4.63. The molecular weight excluding hydrogens is 219 g/mol. The predicted molar refractivity (Wildman–Crippen MR) is 55.8 cm³/mol. The molecule has 0 bridgehead atoms. The summed E-state index contributed by atoms with van der Waals surface area (Å²) in [6.07, 6.45) is -2.69. The van der Waals surface area contributed by atoms with Crippen molar-refractivity contribution >= 4 is 5.91 Å². The lowest BCUT2D eigenvalue weighted by Crippen LogP contribution is -2.13. The number of hydrogen-bond acceptors (Lipinski definition) is 1. The summed E-state index contributed by atoms with van der Waals surface area (Å²) < 4.78 is 36.2. The van der Waals surface area contributed by atoms with Gasteiger partial charge in [-0.3, -0.25) is 4.79 Å². The van der Waals surface area contributed by atoms with Crippen LogP contribution in [-0.2, 0) is 6.18 Å². The van der Waals surface area contributed by atoms with Gasteiger partial charge in [0.1, 0.15) is 0 Å². The van der Waals surface area contributed by atoms with E-state index in [0.717, 1.165) is 18.2 Å². The number of benzene rings is 1. The highest BCUT2D eigenvalue weighted by Crippen LogP contribution is 2.29. The number of allylic oxidation sites excluding steroid dienone is 1. The number of carbonyl (C=O) groups is 1. The van der Waals surface area contributed by atoms with Crippen molar-refractivity contribution in [3.05, 3.63) is 48.0 Å². The molecule has 0 radical (unpaired) electrons. The molecule has 0 aliphatic rings. The largest absolute Gasteiger partial charge is 0.416 e. The highest BCUT2D eigenvalue weighted by Gasteiger charge is 2.30. The molecule has 0 saturated carbocycles. The van der Waals surface area contributed by atoms with E-state index in [0.29, 0.717) is 0 Å². The van der Waals surface area contributed by atoms with Gasteiger partial charge in [0.05, 0.1) is 5.56 Å². The van der Waals surface area contributed by atoms with Crippen LogP contribution in [0.4, 0.5) is 13.2 Å². The van der Waals surface area contributed by atoms with Gasteiger partial charge >= 0.3 is 6.18 Å². The number of alkyl halides is 3. The third-order valence-electron chi connectivity index (χ3n) is 1.47. The zero-order chi connectivity index (χ0) is 12.8. The van der Waals surface area contributed by atoms with Crippen molar-refractivity contribution in [2.24, 2.45) is 5.73 Å². The van der Waals surface area contributed by atoms with E-state index < -0.39 is 17.6 Å². The Hall–Kier alpha value is -1.78. The van der Waals surface area contributed by atoms with Gasteiger partial charge < -0.3 is 5.73 Å². The maximum Gasteiger partial charge on any atom is 0.416 e. The van der Waals surface area contributed by atoms with Crippen LogP contribution >= 0.6 is 0 Å². The van der Waals surface area contributed by atoms with Crippen molar-refractivity contribution in [1.82, 2.24) is 0 Å². The summed E-state index contributed by atoms with van der Waals surface area (Å²) in [5, 5.41) is 0. The van der Waals surface area contributed by atoms with Gasteiger partial charge in [0, 0.05) is 5.56 Å². The first kappa shape index (κ1) is 14.2. The first-order valence-corrected chi connectivity index (χ1v) is 4.37. The van der Waals surface area contributed by atoms with Crippen LogP contribution < -0.4 is 5.73 Å². The Morgan fingerprint density at radius 3 is 2.31 bits per heavy atom. The van der Waals surface area contributed by atoms with Gasteiger partial charge in [-0.1, -0.05) is 12.1 Å². The second-order valence-corrected chi connectivity index (χ2v) is 2.85. The smallest absolute Gasteiger partial charge is 0.366 e. The van der Waals surface area contributed by atoms with E-state index in [-0.39, 0.29) is 5.56 Å². The Morgan fingerprint density at radius 2 is 1.94 bits per heavy atom. The van der Waals surface area contributed by atoms with Crippen molar-refractivity contribution in [3.8, 4) is 0 Å². The van der Waals surface area contributed by atoms with Crippen LogP contribution in [0, 0.1) is 0 Å². The summed E-state index contributed by atoms with van der Waals surface area (Å²) in [5.74, 6) is -0.869. The standard InChI is InChI=1S/C8H6F3NO.C3H6/c9-8(10,11)6-3-1-2-5(4-6)7(12)13;1-3-2/h1-4H,(H2,12,13);3H,1H2,2H3. The Kier molecular flexibility index (Phi) is 5.29. The van der Waals surface area contributed by atoms with Gasteiger partial charge in [-0.05, 0) is 25.1 Å². The molecule has 0 atom stereocenters. The molecule has 0 saturated heterocycles. The fraction of sp³-hybridized carbons (Fsp3) is 0.182. The summed E-state index contributed by atoms with van der Waals surface area (Å²) in [7, 11) is 0.